The van der Waals surface area contributed by atoms with Crippen LogP contribution in [0.5, 0.6) is 0 Å². The highest BCUT2D eigenvalue weighted by molar-refractivity contribution is 5.69. The molecule has 6 heteroatoms. The molecule has 1 aliphatic rings. The van der Waals surface area contributed by atoms with Gasteiger partial charge in [-0.25, -0.2) is 0 Å². The molecule has 1 heterocycles. The molecule has 1 aliphatic heterocycles. The van der Waals surface area contributed by atoms with Gasteiger partial charge in [-0.15, -0.1) is 0 Å². The van der Waals surface area contributed by atoms with Gasteiger partial charge in [0.05, 0.1) is 11.0 Å². The second-order valence-corrected chi connectivity index (χ2v) is 5.96. The van der Waals surface area contributed by atoms with Gasteiger partial charge >= 0.3 is 0 Å². The summed E-state index contributed by atoms with van der Waals surface area (Å²) in [6.07, 6.45) is 1.57. The fourth-order valence-corrected chi connectivity index (χ4v) is 3.00. The molecule has 24 heavy (non-hydrogen) atoms. The van der Waals surface area contributed by atoms with E-state index >= 15 is 0 Å². The molecule has 1 fully saturated rings. The minimum absolute atomic E-state index is 0.0261. The summed E-state index contributed by atoms with van der Waals surface area (Å²) < 4.78 is 0. The normalized spacial score (nSPS) is 15.3. The first-order valence-electron chi connectivity index (χ1n) is 8.15. The number of nitro groups is 1. The number of nitrogens with one attached hydrogen (secondary N) is 1. The Morgan fingerprint density at radius 1 is 1.17 bits per heavy atom. The molecule has 0 spiro atoms. The number of rotatable bonds is 6. The maximum atomic E-state index is 11.3. The van der Waals surface area contributed by atoms with Crippen molar-refractivity contribution in [1.29, 1.82) is 0 Å². The van der Waals surface area contributed by atoms with E-state index in [1.54, 1.807) is 12.1 Å². The molecule has 0 aliphatic carbocycles. The van der Waals surface area contributed by atoms with Crippen molar-refractivity contribution in [2.24, 2.45) is 0 Å². The first-order valence-corrected chi connectivity index (χ1v) is 8.15. The largest absolute Gasteiger partial charge is 0.387 e. The number of nitro benzene ring substituents is 1. The fraction of sp³-hybridized carbons (Fsp3) is 0.333. The van der Waals surface area contributed by atoms with Crippen molar-refractivity contribution in [1.82, 2.24) is 0 Å². The van der Waals surface area contributed by atoms with Gasteiger partial charge in [0.25, 0.3) is 5.69 Å². The van der Waals surface area contributed by atoms with Gasteiger partial charge in [0.2, 0.25) is 0 Å². The zero-order valence-electron chi connectivity index (χ0n) is 13.4. The van der Waals surface area contributed by atoms with Gasteiger partial charge in [-0.05, 0) is 30.5 Å². The second-order valence-electron chi connectivity index (χ2n) is 5.96. The quantitative estimate of drug-likeness (QED) is 0.628. The Balaban J connectivity index is 1.77. The Morgan fingerprint density at radius 3 is 2.54 bits per heavy atom. The molecule has 126 valence electrons. The standard InChI is InChI=1S/C18H21N3O3/c22-18(14-6-2-1-3-7-14)13-19-16-12-15(20-10-4-5-11-20)8-9-17(16)21(23)24/h1-3,6-9,12,18-19,22H,4-5,10-11,13H2/t18-/m0/s1. The number of benzene rings is 2. The molecule has 0 saturated carbocycles. The summed E-state index contributed by atoms with van der Waals surface area (Å²) in [4.78, 5) is 13.1. The van der Waals surface area contributed by atoms with Crippen molar-refractivity contribution in [3.8, 4) is 0 Å². The van der Waals surface area contributed by atoms with Crippen LogP contribution in [0, 0.1) is 10.1 Å². The average molecular weight is 327 g/mol. The van der Waals surface area contributed by atoms with E-state index in [4.69, 9.17) is 0 Å². The van der Waals surface area contributed by atoms with Crippen LogP contribution in [0.1, 0.15) is 24.5 Å². The predicted molar refractivity (Wildman–Crippen MR) is 94.4 cm³/mol. The van der Waals surface area contributed by atoms with Crippen molar-refractivity contribution >= 4 is 17.1 Å². The van der Waals surface area contributed by atoms with Crippen molar-refractivity contribution in [3.63, 3.8) is 0 Å². The van der Waals surface area contributed by atoms with Gasteiger partial charge in [-0.2, -0.15) is 0 Å². The third kappa shape index (κ3) is 3.65. The predicted octanol–water partition coefficient (Wildman–Crippen LogP) is 3.34. The monoisotopic (exact) mass is 327 g/mol. The lowest BCUT2D eigenvalue weighted by atomic mass is 10.1. The van der Waals surface area contributed by atoms with Gasteiger partial charge in [0, 0.05) is 31.4 Å². The van der Waals surface area contributed by atoms with Crippen LogP contribution in [0.15, 0.2) is 48.5 Å². The molecular formula is C18H21N3O3. The van der Waals surface area contributed by atoms with Crippen molar-refractivity contribution in [3.05, 3.63) is 64.2 Å². The van der Waals surface area contributed by atoms with Crippen molar-refractivity contribution in [2.45, 2.75) is 18.9 Å². The smallest absolute Gasteiger partial charge is 0.292 e. The van der Waals surface area contributed by atoms with Crippen LogP contribution in [0.25, 0.3) is 0 Å². The number of nitrogens with zero attached hydrogens (tertiary/aromatic N) is 2. The van der Waals surface area contributed by atoms with E-state index in [1.807, 2.05) is 30.3 Å². The average Bonchev–Trinajstić information content (AvgIpc) is 3.14. The minimum Gasteiger partial charge on any atom is -0.387 e. The lowest BCUT2D eigenvalue weighted by Crippen LogP contribution is -2.18. The molecule has 0 bridgehead atoms. The minimum atomic E-state index is -0.721. The summed E-state index contributed by atoms with van der Waals surface area (Å²) in [5.41, 5.74) is 2.23. The third-order valence-electron chi connectivity index (χ3n) is 4.32. The molecule has 0 unspecified atom stereocenters. The Morgan fingerprint density at radius 2 is 1.88 bits per heavy atom. The fourth-order valence-electron chi connectivity index (χ4n) is 3.00. The Hall–Kier alpha value is -2.60. The van der Waals surface area contributed by atoms with Crippen LogP contribution in [0.2, 0.25) is 0 Å². The highest BCUT2D eigenvalue weighted by atomic mass is 16.6. The van der Waals surface area contributed by atoms with Gasteiger partial charge in [-0.1, -0.05) is 30.3 Å². The summed E-state index contributed by atoms with van der Waals surface area (Å²) >= 11 is 0. The highest BCUT2D eigenvalue weighted by Gasteiger charge is 2.19. The number of aliphatic hydroxyl groups is 1. The van der Waals surface area contributed by atoms with E-state index in [1.165, 1.54) is 6.07 Å². The lowest BCUT2D eigenvalue weighted by molar-refractivity contribution is -0.383. The highest BCUT2D eigenvalue weighted by Crippen LogP contribution is 2.31. The van der Waals surface area contributed by atoms with Gasteiger partial charge < -0.3 is 15.3 Å². The van der Waals surface area contributed by atoms with E-state index in [2.05, 4.69) is 10.2 Å². The van der Waals surface area contributed by atoms with E-state index in [9.17, 15) is 15.2 Å². The summed E-state index contributed by atoms with van der Waals surface area (Å²) in [7, 11) is 0. The summed E-state index contributed by atoms with van der Waals surface area (Å²) in [6.45, 7) is 2.17. The van der Waals surface area contributed by atoms with Crippen LogP contribution in [0.3, 0.4) is 0 Å². The number of aliphatic hydroxyl groups excluding tert-OH is 1. The molecule has 2 aromatic rings. The first kappa shape index (κ1) is 16.3. The maximum absolute atomic E-state index is 11.3. The molecule has 2 N–H and O–H groups in total. The summed E-state index contributed by atoms with van der Waals surface area (Å²) in [6, 6.07) is 14.4. The van der Waals surface area contributed by atoms with Gasteiger partial charge in [0.1, 0.15) is 5.69 Å². The lowest BCUT2D eigenvalue weighted by Gasteiger charge is -2.19. The van der Waals surface area contributed by atoms with Crippen molar-refractivity contribution in [2.75, 3.05) is 29.9 Å². The topological polar surface area (TPSA) is 78.6 Å². The van der Waals surface area contributed by atoms with Crippen molar-refractivity contribution < 1.29 is 10.0 Å². The Bertz CT molecular complexity index is 700. The van der Waals surface area contributed by atoms with Gasteiger partial charge in [-0.3, -0.25) is 10.1 Å². The van der Waals surface area contributed by atoms with Crippen LogP contribution in [-0.4, -0.2) is 29.7 Å². The van der Waals surface area contributed by atoms with E-state index in [0.29, 0.717) is 5.69 Å². The summed E-state index contributed by atoms with van der Waals surface area (Å²) in [5.74, 6) is 0. The number of hydrogen-bond donors (Lipinski definition) is 2. The molecule has 0 radical (unpaired) electrons. The van der Waals surface area contributed by atoms with Crippen LogP contribution in [-0.2, 0) is 0 Å². The molecular weight excluding hydrogens is 306 g/mol. The second kappa shape index (κ2) is 7.31. The molecule has 1 saturated heterocycles. The molecule has 0 amide bonds. The van der Waals surface area contributed by atoms with Crippen LogP contribution in [0.4, 0.5) is 17.1 Å². The number of anilines is 2. The molecule has 6 nitrogen and oxygen atoms in total. The number of hydrogen-bond acceptors (Lipinski definition) is 5. The molecule has 2 aromatic carbocycles. The molecule has 3 rings (SSSR count). The van der Waals surface area contributed by atoms with Crippen LogP contribution < -0.4 is 10.2 Å². The zero-order valence-corrected chi connectivity index (χ0v) is 13.4. The first-order chi connectivity index (χ1) is 11.6. The zero-order chi connectivity index (χ0) is 16.9. The Kier molecular flexibility index (Phi) is 4.96. The molecule has 1 atom stereocenters. The molecule has 0 aromatic heterocycles. The van der Waals surface area contributed by atoms with Crippen LogP contribution >= 0.6 is 0 Å². The third-order valence-corrected chi connectivity index (χ3v) is 4.32. The van der Waals surface area contributed by atoms with E-state index < -0.39 is 11.0 Å². The SMILES string of the molecule is O=[N+]([O-])c1ccc(N2CCCC2)cc1NC[C@H](O)c1ccccc1. The van der Waals surface area contributed by atoms with E-state index in [-0.39, 0.29) is 12.2 Å². The van der Waals surface area contributed by atoms with E-state index in [0.717, 1.165) is 37.2 Å². The maximum Gasteiger partial charge on any atom is 0.292 e. The van der Waals surface area contributed by atoms with Gasteiger partial charge in [0.15, 0.2) is 0 Å². The summed E-state index contributed by atoms with van der Waals surface area (Å²) in [5, 5.41) is 24.5. The Labute approximate surface area is 140 Å².